The second-order valence-corrected chi connectivity index (χ2v) is 10.7. The van der Waals surface area contributed by atoms with Crippen molar-refractivity contribution >= 4 is 20.6 Å². The highest BCUT2D eigenvalue weighted by Gasteiger charge is 2.38. The first-order valence-electron chi connectivity index (χ1n) is 9.99. The molecule has 0 bridgehead atoms. The Morgan fingerprint density at radius 3 is 2.60 bits per heavy atom. The molecule has 2 heterocycles. The monoisotopic (exact) mass is 427 g/mol. The third-order valence-corrected chi connectivity index (χ3v) is 6.79. The molecule has 5 rings (SSSR count). The number of halogens is 1. The smallest absolute Gasteiger partial charge is 0.258 e. The molecule has 1 saturated carbocycles. The summed E-state index contributed by atoms with van der Waals surface area (Å²) in [5.41, 5.74) is 2.80. The van der Waals surface area contributed by atoms with Crippen molar-refractivity contribution in [1.82, 2.24) is 4.57 Å². The number of nitrogens with zero attached hydrogens (tertiary/aromatic N) is 1. The molecule has 1 unspecified atom stereocenters. The van der Waals surface area contributed by atoms with E-state index in [4.69, 9.17) is 4.74 Å². The van der Waals surface area contributed by atoms with Crippen molar-refractivity contribution in [2.45, 2.75) is 31.1 Å². The van der Waals surface area contributed by atoms with Crippen molar-refractivity contribution in [1.29, 1.82) is 0 Å². The van der Waals surface area contributed by atoms with E-state index in [2.05, 4.69) is 0 Å². The standard InChI is InChI=1S/C23H22FNO4S/c1-25-11-20(18-10-16(24)5-6-17(18)23(25)26)19-8-13(12-30(2,27)28)7-15-9-21(14-3-4-14)29-22(15)19/h5-8,10-11,14,21H,3-4,9,12H2,1-2H3. The number of fused-ring (bicyclic) bond motifs is 2. The van der Waals surface area contributed by atoms with Crippen LogP contribution < -0.4 is 10.3 Å². The van der Waals surface area contributed by atoms with Crippen LogP contribution in [-0.4, -0.2) is 25.3 Å². The molecule has 2 aliphatic rings. The van der Waals surface area contributed by atoms with Gasteiger partial charge in [-0.3, -0.25) is 4.79 Å². The normalized spacial score (nSPS) is 18.4. The van der Waals surface area contributed by atoms with Crippen molar-refractivity contribution in [3.05, 3.63) is 63.8 Å². The minimum Gasteiger partial charge on any atom is -0.489 e. The van der Waals surface area contributed by atoms with Gasteiger partial charge in [0.15, 0.2) is 9.84 Å². The molecule has 0 spiro atoms. The van der Waals surface area contributed by atoms with Gasteiger partial charge < -0.3 is 9.30 Å². The topological polar surface area (TPSA) is 65.4 Å². The van der Waals surface area contributed by atoms with Crippen LogP contribution in [0.4, 0.5) is 4.39 Å². The summed E-state index contributed by atoms with van der Waals surface area (Å²) in [7, 11) is -1.58. The quantitative estimate of drug-likeness (QED) is 0.638. The maximum Gasteiger partial charge on any atom is 0.258 e. The van der Waals surface area contributed by atoms with Crippen LogP contribution in [0.1, 0.15) is 24.0 Å². The molecule has 156 valence electrons. The predicted octanol–water partition coefficient (Wildman–Crippen LogP) is 3.60. The van der Waals surface area contributed by atoms with Crippen molar-refractivity contribution in [3.63, 3.8) is 0 Å². The van der Waals surface area contributed by atoms with E-state index < -0.39 is 15.7 Å². The van der Waals surface area contributed by atoms with Crippen LogP contribution in [0.25, 0.3) is 21.9 Å². The molecule has 5 nitrogen and oxygen atoms in total. The molecule has 0 radical (unpaired) electrons. The van der Waals surface area contributed by atoms with E-state index in [1.54, 1.807) is 19.3 Å². The summed E-state index contributed by atoms with van der Waals surface area (Å²) in [5, 5.41) is 0.908. The van der Waals surface area contributed by atoms with E-state index in [-0.39, 0.29) is 17.4 Å². The second-order valence-electron chi connectivity index (χ2n) is 8.55. The Hall–Kier alpha value is -2.67. The summed E-state index contributed by atoms with van der Waals surface area (Å²) < 4.78 is 45.8. The highest BCUT2D eigenvalue weighted by atomic mass is 32.2. The van der Waals surface area contributed by atoms with E-state index >= 15 is 0 Å². The first-order chi connectivity index (χ1) is 14.2. The van der Waals surface area contributed by atoms with Crippen LogP contribution in [-0.2, 0) is 29.1 Å². The molecule has 1 aromatic heterocycles. The number of sulfone groups is 1. The zero-order chi connectivity index (χ0) is 21.2. The molecule has 7 heteroatoms. The van der Waals surface area contributed by atoms with Gasteiger partial charge in [-0.2, -0.15) is 0 Å². The van der Waals surface area contributed by atoms with Crippen LogP contribution in [0.15, 0.2) is 41.3 Å². The lowest BCUT2D eigenvalue weighted by atomic mass is 9.95. The van der Waals surface area contributed by atoms with Gasteiger partial charge in [-0.05, 0) is 59.5 Å². The van der Waals surface area contributed by atoms with Gasteiger partial charge in [-0.15, -0.1) is 0 Å². The fourth-order valence-electron chi connectivity index (χ4n) is 4.42. The number of ether oxygens (including phenoxy) is 1. The summed E-state index contributed by atoms with van der Waals surface area (Å²) in [4.78, 5) is 12.6. The molecule has 30 heavy (non-hydrogen) atoms. The summed E-state index contributed by atoms with van der Waals surface area (Å²) in [6, 6.07) is 7.84. The second kappa shape index (κ2) is 6.67. The maximum absolute atomic E-state index is 14.1. The average Bonchev–Trinajstić information content (AvgIpc) is 3.42. The van der Waals surface area contributed by atoms with Gasteiger partial charge in [-0.1, -0.05) is 6.07 Å². The van der Waals surface area contributed by atoms with Crippen molar-refractivity contribution in [2.24, 2.45) is 13.0 Å². The van der Waals surface area contributed by atoms with E-state index in [1.165, 1.54) is 29.0 Å². The molecule has 3 aromatic rings. The fourth-order valence-corrected chi connectivity index (χ4v) is 5.20. The lowest BCUT2D eigenvalue weighted by Gasteiger charge is -2.16. The van der Waals surface area contributed by atoms with Crippen molar-refractivity contribution in [2.75, 3.05) is 6.26 Å². The number of benzene rings is 2. The molecule has 0 saturated heterocycles. The summed E-state index contributed by atoms with van der Waals surface area (Å²) in [6.45, 7) is 0. The number of hydrogen-bond acceptors (Lipinski definition) is 4. The van der Waals surface area contributed by atoms with Crippen molar-refractivity contribution in [3.8, 4) is 16.9 Å². The average molecular weight is 427 g/mol. The fraction of sp³-hybridized carbons (Fsp3) is 0.348. The molecule has 1 aliphatic heterocycles. The summed E-state index contributed by atoms with van der Waals surface area (Å²) >= 11 is 0. The van der Waals surface area contributed by atoms with E-state index in [0.29, 0.717) is 39.1 Å². The van der Waals surface area contributed by atoms with Crippen molar-refractivity contribution < 1.29 is 17.5 Å². The first kappa shape index (κ1) is 19.3. The van der Waals surface area contributed by atoms with E-state index in [0.717, 1.165) is 24.8 Å². The zero-order valence-electron chi connectivity index (χ0n) is 16.8. The predicted molar refractivity (Wildman–Crippen MR) is 114 cm³/mol. The lowest BCUT2D eigenvalue weighted by molar-refractivity contribution is 0.208. The van der Waals surface area contributed by atoms with Gasteiger partial charge in [-0.25, -0.2) is 12.8 Å². The number of pyridine rings is 1. The van der Waals surface area contributed by atoms with Crippen LogP contribution in [0, 0.1) is 11.7 Å². The summed E-state index contributed by atoms with van der Waals surface area (Å²) in [6.07, 6.45) is 5.99. The Morgan fingerprint density at radius 1 is 1.13 bits per heavy atom. The molecule has 1 aliphatic carbocycles. The molecule has 2 aromatic carbocycles. The molecule has 1 fully saturated rings. The minimum atomic E-state index is -3.23. The Labute approximate surface area is 174 Å². The molecular weight excluding hydrogens is 405 g/mol. The minimum absolute atomic E-state index is 0.0839. The SMILES string of the molecule is Cn1cc(-c2cc(CS(C)(=O)=O)cc3c2OC(C2CC2)C3)c2cc(F)ccc2c1=O. The number of aryl methyl sites for hydroxylation is 1. The molecule has 0 N–H and O–H groups in total. The highest BCUT2D eigenvalue weighted by Crippen LogP contribution is 2.47. The van der Waals surface area contributed by atoms with Crippen LogP contribution in [0.2, 0.25) is 0 Å². The number of hydrogen-bond donors (Lipinski definition) is 0. The lowest BCUT2D eigenvalue weighted by Crippen LogP contribution is -2.17. The number of rotatable bonds is 4. The Morgan fingerprint density at radius 2 is 1.90 bits per heavy atom. The first-order valence-corrected chi connectivity index (χ1v) is 12.0. The Balaban J connectivity index is 1.78. The van der Waals surface area contributed by atoms with Gasteiger partial charge in [0.25, 0.3) is 5.56 Å². The van der Waals surface area contributed by atoms with Gasteiger partial charge >= 0.3 is 0 Å². The third kappa shape index (κ3) is 3.41. The molecule has 0 amide bonds. The van der Waals surface area contributed by atoms with Crippen LogP contribution >= 0.6 is 0 Å². The molecule has 1 atom stereocenters. The van der Waals surface area contributed by atoms with E-state index in [1.807, 2.05) is 6.07 Å². The summed E-state index contributed by atoms with van der Waals surface area (Å²) in [5.74, 6) is 0.725. The maximum atomic E-state index is 14.1. The van der Waals surface area contributed by atoms with Crippen LogP contribution in [0.3, 0.4) is 0 Å². The zero-order valence-corrected chi connectivity index (χ0v) is 17.6. The van der Waals surface area contributed by atoms with Crippen LogP contribution in [0.5, 0.6) is 5.75 Å². The third-order valence-electron chi connectivity index (χ3n) is 5.93. The van der Waals surface area contributed by atoms with E-state index in [9.17, 15) is 17.6 Å². The highest BCUT2D eigenvalue weighted by molar-refractivity contribution is 7.89. The van der Waals surface area contributed by atoms with Gasteiger partial charge in [0, 0.05) is 42.4 Å². The van der Waals surface area contributed by atoms with Gasteiger partial charge in [0.2, 0.25) is 0 Å². The largest absolute Gasteiger partial charge is 0.489 e. The van der Waals surface area contributed by atoms with Gasteiger partial charge in [0.1, 0.15) is 17.7 Å². The Kier molecular flexibility index (Phi) is 4.29. The molecular formula is C23H22FNO4S. The Bertz CT molecular complexity index is 1360. The van der Waals surface area contributed by atoms with Gasteiger partial charge in [0.05, 0.1) is 5.75 Å². The number of aromatic nitrogens is 1.